The fourth-order valence-corrected chi connectivity index (χ4v) is 5.49. The topological polar surface area (TPSA) is 60.7 Å². The summed E-state index contributed by atoms with van der Waals surface area (Å²) in [4.78, 5) is 31.7. The zero-order valence-corrected chi connectivity index (χ0v) is 18.5. The standard InChI is InChI=1S/C20H14Cl2N2O3S2/c1-10-16(19(26)27-2)17(14-4-3-7-28-14)24-18(25)15(29-20(24)23-10)8-11-5-6-12(21)9-13(11)22/h3-9,17H,1-2H3/b15-8+/t17-/m0/s1. The van der Waals surface area contributed by atoms with Crippen LogP contribution in [-0.4, -0.2) is 17.6 Å². The van der Waals surface area contributed by atoms with Gasteiger partial charge >= 0.3 is 5.97 Å². The summed E-state index contributed by atoms with van der Waals surface area (Å²) in [6.07, 6.45) is 1.71. The van der Waals surface area contributed by atoms with Crippen molar-refractivity contribution in [2.45, 2.75) is 13.0 Å². The van der Waals surface area contributed by atoms with Gasteiger partial charge in [-0.3, -0.25) is 9.36 Å². The molecule has 0 bridgehead atoms. The minimum absolute atomic E-state index is 0.243. The van der Waals surface area contributed by atoms with Crippen molar-refractivity contribution in [3.05, 3.63) is 87.2 Å². The number of carbonyl (C=O) groups is 1. The van der Waals surface area contributed by atoms with Gasteiger partial charge in [-0.05, 0) is 42.1 Å². The number of allylic oxidation sites excluding steroid dienone is 1. The Kier molecular flexibility index (Phi) is 5.48. The van der Waals surface area contributed by atoms with Gasteiger partial charge in [0.05, 0.1) is 22.9 Å². The summed E-state index contributed by atoms with van der Waals surface area (Å²) in [5.41, 5.74) is 1.33. The van der Waals surface area contributed by atoms with Crippen LogP contribution < -0.4 is 14.9 Å². The van der Waals surface area contributed by atoms with Gasteiger partial charge in [0.2, 0.25) is 0 Å². The number of halogens is 2. The first-order valence-corrected chi connectivity index (χ1v) is 10.9. The molecule has 148 valence electrons. The van der Waals surface area contributed by atoms with Crippen molar-refractivity contribution in [2.24, 2.45) is 4.99 Å². The van der Waals surface area contributed by atoms with E-state index in [1.54, 1.807) is 35.8 Å². The van der Waals surface area contributed by atoms with E-state index in [1.165, 1.54) is 29.8 Å². The number of rotatable bonds is 3. The summed E-state index contributed by atoms with van der Waals surface area (Å²) in [6, 6.07) is 8.29. The Morgan fingerprint density at radius 2 is 2.10 bits per heavy atom. The van der Waals surface area contributed by atoms with E-state index in [-0.39, 0.29) is 5.56 Å². The Hall–Kier alpha value is -2.19. The fraction of sp³-hybridized carbons (Fsp3) is 0.150. The number of hydrogen-bond acceptors (Lipinski definition) is 6. The molecule has 0 N–H and O–H groups in total. The van der Waals surface area contributed by atoms with Gasteiger partial charge in [0.1, 0.15) is 6.04 Å². The smallest absolute Gasteiger partial charge is 0.338 e. The summed E-state index contributed by atoms with van der Waals surface area (Å²) >= 11 is 14.9. The van der Waals surface area contributed by atoms with Crippen LogP contribution >= 0.6 is 45.9 Å². The summed E-state index contributed by atoms with van der Waals surface area (Å²) in [5, 5.41) is 2.87. The normalized spacial score (nSPS) is 16.6. The molecule has 4 rings (SSSR count). The number of aromatic nitrogens is 1. The predicted octanol–water partition coefficient (Wildman–Crippen LogP) is 3.78. The van der Waals surface area contributed by atoms with Crippen molar-refractivity contribution in [3.8, 4) is 0 Å². The second kappa shape index (κ2) is 7.91. The Morgan fingerprint density at radius 3 is 2.76 bits per heavy atom. The molecule has 0 saturated heterocycles. The Bertz CT molecular complexity index is 1320. The van der Waals surface area contributed by atoms with E-state index in [0.717, 1.165) is 4.88 Å². The third kappa shape index (κ3) is 3.59. The van der Waals surface area contributed by atoms with Crippen molar-refractivity contribution in [1.82, 2.24) is 4.57 Å². The molecule has 3 aromatic rings. The Labute approximate surface area is 183 Å². The van der Waals surface area contributed by atoms with Crippen LogP contribution in [0.25, 0.3) is 6.08 Å². The van der Waals surface area contributed by atoms with Gasteiger partial charge in [0.15, 0.2) is 4.80 Å². The number of ether oxygens (including phenoxy) is 1. The van der Waals surface area contributed by atoms with Crippen molar-refractivity contribution in [2.75, 3.05) is 7.11 Å². The first-order valence-electron chi connectivity index (χ1n) is 8.50. The van der Waals surface area contributed by atoms with Gasteiger partial charge in [-0.15, -0.1) is 11.3 Å². The molecule has 0 radical (unpaired) electrons. The molecule has 0 aliphatic carbocycles. The molecule has 0 fully saturated rings. The number of hydrogen-bond donors (Lipinski definition) is 0. The molecule has 0 saturated carbocycles. The van der Waals surface area contributed by atoms with Crippen molar-refractivity contribution in [1.29, 1.82) is 0 Å². The lowest BCUT2D eigenvalue weighted by molar-refractivity contribution is -0.136. The molecule has 5 nitrogen and oxygen atoms in total. The minimum atomic E-state index is -0.582. The third-order valence-corrected chi connectivity index (χ3v) is 6.96. The first kappa shape index (κ1) is 20.1. The SMILES string of the molecule is COC(=O)C1=C(C)N=c2s/c(=C/c3ccc(Cl)cc3Cl)c(=O)n2[C@H]1c1cccs1. The summed E-state index contributed by atoms with van der Waals surface area (Å²) < 4.78 is 6.98. The first-order chi connectivity index (χ1) is 13.9. The number of fused-ring (bicyclic) bond motifs is 1. The summed E-state index contributed by atoms with van der Waals surface area (Å²) in [5.74, 6) is -0.500. The molecule has 0 unspecified atom stereocenters. The van der Waals surface area contributed by atoms with E-state index in [2.05, 4.69) is 4.99 Å². The lowest BCUT2D eigenvalue weighted by atomic mass is 10.0. The Morgan fingerprint density at radius 1 is 1.31 bits per heavy atom. The van der Waals surface area contributed by atoms with Gasteiger partial charge in [-0.2, -0.15) is 0 Å². The van der Waals surface area contributed by atoms with E-state index in [4.69, 9.17) is 27.9 Å². The van der Waals surface area contributed by atoms with Gasteiger partial charge in [0, 0.05) is 14.9 Å². The average Bonchev–Trinajstić information content (AvgIpc) is 3.31. The van der Waals surface area contributed by atoms with Gasteiger partial charge in [-0.1, -0.05) is 46.7 Å². The second-order valence-corrected chi connectivity index (χ2v) is 9.09. The number of benzene rings is 1. The van der Waals surface area contributed by atoms with Gasteiger partial charge < -0.3 is 4.74 Å². The van der Waals surface area contributed by atoms with Crippen molar-refractivity contribution < 1.29 is 9.53 Å². The molecule has 9 heteroatoms. The number of nitrogens with zero attached hydrogens (tertiary/aromatic N) is 2. The molecule has 1 atom stereocenters. The van der Waals surface area contributed by atoms with Gasteiger partial charge in [0.25, 0.3) is 5.56 Å². The Balaban J connectivity index is 1.97. The van der Waals surface area contributed by atoms with Crippen LogP contribution in [0.3, 0.4) is 0 Å². The molecule has 0 spiro atoms. The lowest BCUT2D eigenvalue weighted by Gasteiger charge is -2.22. The molecule has 1 aliphatic rings. The van der Waals surface area contributed by atoms with Crippen LogP contribution in [0.15, 0.2) is 56.8 Å². The van der Waals surface area contributed by atoms with Crippen molar-refractivity contribution in [3.63, 3.8) is 0 Å². The quantitative estimate of drug-likeness (QED) is 0.554. The van der Waals surface area contributed by atoms with Crippen molar-refractivity contribution >= 4 is 57.9 Å². The highest BCUT2D eigenvalue weighted by Gasteiger charge is 2.33. The number of esters is 1. The lowest BCUT2D eigenvalue weighted by Crippen LogP contribution is -2.39. The molecule has 0 amide bonds. The molecular formula is C20H14Cl2N2O3S2. The summed E-state index contributed by atoms with van der Waals surface area (Å²) in [7, 11) is 1.32. The largest absolute Gasteiger partial charge is 0.466 e. The zero-order chi connectivity index (χ0) is 20.7. The van der Waals surface area contributed by atoms with Crippen LogP contribution in [0.2, 0.25) is 10.0 Å². The number of carbonyl (C=O) groups excluding carboxylic acids is 1. The van der Waals surface area contributed by atoms with E-state index >= 15 is 0 Å². The molecule has 2 aromatic heterocycles. The molecule has 3 heterocycles. The minimum Gasteiger partial charge on any atom is -0.466 e. The van der Waals surface area contributed by atoms with E-state index in [9.17, 15) is 9.59 Å². The van der Waals surface area contributed by atoms with Crippen LogP contribution in [-0.2, 0) is 9.53 Å². The maximum atomic E-state index is 13.3. The van der Waals surface area contributed by atoms with E-state index < -0.39 is 12.0 Å². The fourth-order valence-electron chi connectivity index (χ4n) is 3.17. The van der Waals surface area contributed by atoms with Gasteiger partial charge in [-0.25, -0.2) is 9.79 Å². The molecule has 1 aliphatic heterocycles. The highest BCUT2D eigenvalue weighted by molar-refractivity contribution is 7.10. The van der Waals surface area contributed by atoms with Crippen LogP contribution in [0, 0.1) is 0 Å². The number of thiophene rings is 1. The van der Waals surface area contributed by atoms with Crippen LogP contribution in [0.4, 0.5) is 0 Å². The average molecular weight is 465 g/mol. The van der Waals surface area contributed by atoms with Crippen LogP contribution in [0.1, 0.15) is 23.4 Å². The molecule has 29 heavy (non-hydrogen) atoms. The predicted molar refractivity (Wildman–Crippen MR) is 117 cm³/mol. The highest BCUT2D eigenvalue weighted by atomic mass is 35.5. The highest BCUT2D eigenvalue weighted by Crippen LogP contribution is 2.33. The maximum Gasteiger partial charge on any atom is 0.338 e. The third-order valence-electron chi connectivity index (χ3n) is 4.49. The molecular weight excluding hydrogens is 451 g/mol. The second-order valence-electron chi connectivity index (χ2n) is 6.25. The van der Waals surface area contributed by atoms with E-state index in [0.29, 0.717) is 36.2 Å². The number of thiazole rings is 1. The monoisotopic (exact) mass is 464 g/mol. The summed E-state index contributed by atoms with van der Waals surface area (Å²) in [6.45, 7) is 1.75. The number of methoxy groups -OCH3 is 1. The maximum absolute atomic E-state index is 13.3. The zero-order valence-electron chi connectivity index (χ0n) is 15.3. The van der Waals surface area contributed by atoms with E-state index in [1.807, 2.05) is 17.5 Å². The molecule has 1 aromatic carbocycles. The van der Waals surface area contributed by atoms with Crippen LogP contribution in [0.5, 0.6) is 0 Å².